The predicted molar refractivity (Wildman–Crippen MR) is 146 cm³/mol. The molecule has 5 aromatic heterocycles. The summed E-state index contributed by atoms with van der Waals surface area (Å²) in [7, 11) is 0. The molecule has 0 amide bonds. The number of allylic oxidation sites excluding steroid dienone is 1. The average molecular weight is 508 g/mol. The van der Waals surface area contributed by atoms with Crippen LogP contribution in [0, 0.1) is 18.2 Å². The van der Waals surface area contributed by atoms with Crippen LogP contribution in [0.3, 0.4) is 0 Å². The standard InChI is InChI=1S/C28H26FN9/c1-15-13-38(14-32-15)21-8-6-7-19-25(21)35-27(34-19)26-22-20(36-37-26)12-31-24(23(22)29)17-9-18(11-30-10-17)33-16(2)28(3,4)5/h6-14,33H,2H2,1,3-5H3,(H,34,35)(H,36,37). The number of benzene rings is 1. The van der Waals surface area contributed by atoms with Gasteiger partial charge in [0.05, 0.1) is 52.2 Å². The van der Waals surface area contributed by atoms with Gasteiger partial charge in [-0.1, -0.05) is 33.4 Å². The number of anilines is 1. The van der Waals surface area contributed by atoms with Crippen LogP contribution in [-0.2, 0) is 0 Å². The van der Waals surface area contributed by atoms with Crippen LogP contribution in [0.1, 0.15) is 26.5 Å². The first-order valence-electron chi connectivity index (χ1n) is 12.1. The van der Waals surface area contributed by atoms with Gasteiger partial charge in [-0.3, -0.25) is 15.1 Å². The van der Waals surface area contributed by atoms with E-state index in [1.54, 1.807) is 24.9 Å². The highest BCUT2D eigenvalue weighted by atomic mass is 19.1. The van der Waals surface area contributed by atoms with Crippen molar-refractivity contribution in [3.63, 3.8) is 0 Å². The number of aromatic nitrogens is 8. The topological polar surface area (TPSA) is 113 Å². The number of imidazole rings is 2. The van der Waals surface area contributed by atoms with Gasteiger partial charge in [-0.15, -0.1) is 0 Å². The fourth-order valence-corrected chi connectivity index (χ4v) is 4.24. The Morgan fingerprint density at radius 2 is 1.92 bits per heavy atom. The lowest BCUT2D eigenvalue weighted by Crippen LogP contribution is -2.15. The molecule has 10 heteroatoms. The van der Waals surface area contributed by atoms with Gasteiger partial charge >= 0.3 is 0 Å². The van der Waals surface area contributed by atoms with Crippen molar-refractivity contribution in [1.82, 2.24) is 39.7 Å². The Morgan fingerprint density at radius 3 is 2.68 bits per heavy atom. The Balaban J connectivity index is 1.44. The van der Waals surface area contributed by atoms with Crippen molar-refractivity contribution in [2.24, 2.45) is 5.41 Å². The van der Waals surface area contributed by atoms with Gasteiger partial charge in [-0.05, 0) is 25.1 Å². The van der Waals surface area contributed by atoms with E-state index in [4.69, 9.17) is 4.98 Å². The summed E-state index contributed by atoms with van der Waals surface area (Å²) in [6, 6.07) is 7.62. The van der Waals surface area contributed by atoms with Crippen molar-refractivity contribution < 1.29 is 4.39 Å². The molecule has 38 heavy (non-hydrogen) atoms. The molecule has 0 radical (unpaired) electrons. The van der Waals surface area contributed by atoms with E-state index in [0.29, 0.717) is 33.7 Å². The smallest absolute Gasteiger partial charge is 0.161 e. The molecular weight excluding hydrogens is 481 g/mol. The fourth-order valence-electron chi connectivity index (χ4n) is 4.24. The molecule has 0 aliphatic heterocycles. The van der Waals surface area contributed by atoms with E-state index in [-0.39, 0.29) is 11.1 Å². The lowest BCUT2D eigenvalue weighted by Gasteiger charge is -2.23. The number of fused-ring (bicyclic) bond motifs is 2. The maximum Gasteiger partial charge on any atom is 0.161 e. The van der Waals surface area contributed by atoms with E-state index in [9.17, 15) is 0 Å². The number of halogens is 1. The summed E-state index contributed by atoms with van der Waals surface area (Å²) in [5.74, 6) is -0.0626. The Morgan fingerprint density at radius 1 is 1.08 bits per heavy atom. The molecule has 0 aliphatic carbocycles. The average Bonchev–Trinajstić information content (AvgIpc) is 3.61. The number of aryl methyl sites for hydroxylation is 1. The third-order valence-electron chi connectivity index (χ3n) is 6.46. The molecule has 5 heterocycles. The lowest BCUT2D eigenvalue weighted by molar-refractivity contribution is 0.509. The number of hydrogen-bond acceptors (Lipinski definition) is 6. The molecule has 6 rings (SSSR count). The zero-order valence-corrected chi connectivity index (χ0v) is 21.5. The molecule has 190 valence electrons. The summed E-state index contributed by atoms with van der Waals surface area (Å²) in [5, 5.41) is 10.8. The van der Waals surface area contributed by atoms with Crippen molar-refractivity contribution in [1.29, 1.82) is 0 Å². The highest BCUT2D eigenvalue weighted by molar-refractivity contribution is 5.96. The van der Waals surface area contributed by atoms with Crippen molar-refractivity contribution in [2.75, 3.05) is 5.32 Å². The molecule has 3 N–H and O–H groups in total. The number of aromatic amines is 2. The summed E-state index contributed by atoms with van der Waals surface area (Å²) in [5.41, 5.74) is 6.22. The van der Waals surface area contributed by atoms with Gasteiger partial charge in [0.15, 0.2) is 11.6 Å². The van der Waals surface area contributed by atoms with Crippen LogP contribution in [0.5, 0.6) is 0 Å². The van der Waals surface area contributed by atoms with Gasteiger partial charge < -0.3 is 14.9 Å². The van der Waals surface area contributed by atoms with E-state index in [1.807, 2.05) is 42.0 Å². The minimum Gasteiger partial charge on any atom is -0.358 e. The van der Waals surface area contributed by atoms with E-state index in [2.05, 4.69) is 62.8 Å². The Labute approximate surface area is 217 Å². The fraction of sp³-hybridized carbons (Fsp3) is 0.179. The number of para-hydroxylation sites is 1. The molecule has 0 spiro atoms. The lowest BCUT2D eigenvalue weighted by atomic mass is 9.93. The van der Waals surface area contributed by atoms with Crippen LogP contribution in [0.15, 0.2) is 67.7 Å². The van der Waals surface area contributed by atoms with Gasteiger partial charge in [0, 0.05) is 29.1 Å². The summed E-state index contributed by atoms with van der Waals surface area (Å²) in [6.45, 7) is 12.2. The zero-order valence-electron chi connectivity index (χ0n) is 21.5. The first-order chi connectivity index (χ1) is 18.2. The molecule has 0 bridgehead atoms. The summed E-state index contributed by atoms with van der Waals surface area (Å²) >= 11 is 0. The molecule has 0 saturated carbocycles. The zero-order chi connectivity index (χ0) is 26.6. The first-order valence-corrected chi connectivity index (χ1v) is 12.1. The van der Waals surface area contributed by atoms with Crippen LogP contribution in [0.25, 0.3) is 50.4 Å². The highest BCUT2D eigenvalue weighted by Gasteiger charge is 2.22. The van der Waals surface area contributed by atoms with Crippen LogP contribution in [0.4, 0.5) is 10.1 Å². The molecule has 1 aromatic carbocycles. The highest BCUT2D eigenvalue weighted by Crippen LogP contribution is 2.34. The van der Waals surface area contributed by atoms with E-state index in [0.717, 1.165) is 28.1 Å². The summed E-state index contributed by atoms with van der Waals surface area (Å²) in [6.07, 6.45) is 8.50. The molecule has 0 fully saturated rings. The van der Waals surface area contributed by atoms with Crippen LogP contribution < -0.4 is 5.32 Å². The van der Waals surface area contributed by atoms with Gasteiger partial charge in [0.2, 0.25) is 0 Å². The number of H-pyrrole nitrogens is 2. The molecule has 6 aromatic rings. The van der Waals surface area contributed by atoms with Gasteiger partial charge in [-0.2, -0.15) is 5.10 Å². The van der Waals surface area contributed by atoms with Gasteiger partial charge in [-0.25, -0.2) is 14.4 Å². The Hall–Kier alpha value is -4.86. The Bertz CT molecular complexity index is 1830. The molecule has 0 unspecified atom stereocenters. The maximum atomic E-state index is 16.1. The van der Waals surface area contributed by atoms with Gasteiger partial charge in [0.25, 0.3) is 0 Å². The number of nitrogens with one attached hydrogen (secondary N) is 3. The minimum atomic E-state index is -0.509. The number of pyridine rings is 2. The monoisotopic (exact) mass is 507 g/mol. The second kappa shape index (κ2) is 8.62. The molecule has 9 nitrogen and oxygen atoms in total. The van der Waals surface area contributed by atoms with Crippen molar-refractivity contribution in [2.45, 2.75) is 27.7 Å². The van der Waals surface area contributed by atoms with Crippen LogP contribution >= 0.6 is 0 Å². The first kappa shape index (κ1) is 23.5. The maximum absolute atomic E-state index is 16.1. The molecule has 0 aliphatic rings. The summed E-state index contributed by atoms with van der Waals surface area (Å²) in [4.78, 5) is 21.1. The SMILES string of the molecule is C=C(Nc1cncc(-c2ncc3[nH]nc(-c4nc5c(-n6cnc(C)c6)cccc5[nH]4)c3c2F)c1)C(C)(C)C. The van der Waals surface area contributed by atoms with Crippen LogP contribution in [-0.4, -0.2) is 39.7 Å². The molecule has 0 atom stereocenters. The summed E-state index contributed by atoms with van der Waals surface area (Å²) < 4.78 is 18.0. The van der Waals surface area contributed by atoms with Crippen LogP contribution in [0.2, 0.25) is 0 Å². The molecular formula is C28H26FN9. The third kappa shape index (κ3) is 4.00. The Kier molecular flexibility index (Phi) is 5.34. The van der Waals surface area contributed by atoms with Crippen molar-refractivity contribution >= 4 is 27.6 Å². The molecule has 0 saturated heterocycles. The number of hydrogen-bond donors (Lipinski definition) is 3. The van der Waals surface area contributed by atoms with E-state index in [1.165, 1.54) is 0 Å². The van der Waals surface area contributed by atoms with E-state index < -0.39 is 5.82 Å². The quantitative estimate of drug-likeness (QED) is 0.257. The van der Waals surface area contributed by atoms with Gasteiger partial charge in [0.1, 0.15) is 16.9 Å². The number of nitrogens with zero attached hydrogens (tertiary/aromatic N) is 6. The second-order valence-electron chi connectivity index (χ2n) is 10.3. The minimum absolute atomic E-state index is 0.146. The predicted octanol–water partition coefficient (Wildman–Crippen LogP) is 6.17. The van der Waals surface area contributed by atoms with E-state index >= 15 is 4.39 Å². The normalized spacial score (nSPS) is 11.9. The van der Waals surface area contributed by atoms with Crippen molar-refractivity contribution in [3.05, 3.63) is 79.2 Å². The largest absolute Gasteiger partial charge is 0.358 e. The van der Waals surface area contributed by atoms with Crippen molar-refractivity contribution in [3.8, 4) is 28.5 Å². The number of rotatable bonds is 5. The second-order valence-corrected chi connectivity index (χ2v) is 10.3. The third-order valence-corrected chi connectivity index (χ3v) is 6.46.